The molecule has 6 aromatic heterocycles. The zero-order valence-electron chi connectivity index (χ0n) is 62.9. The van der Waals surface area contributed by atoms with Crippen LogP contribution in [0, 0.1) is 38.5 Å². The summed E-state index contributed by atoms with van der Waals surface area (Å²) < 4.78 is 10.3. The third-order valence-corrected chi connectivity index (χ3v) is 18.1. The molecule has 9 aromatic rings. The molecule has 0 spiro atoms. The predicted octanol–water partition coefficient (Wildman–Crippen LogP) is 13.3. The van der Waals surface area contributed by atoms with Crippen molar-refractivity contribution in [2.75, 3.05) is 52.0 Å². The maximum absolute atomic E-state index is 13.3. The van der Waals surface area contributed by atoms with Crippen LogP contribution in [-0.2, 0) is 38.2 Å². The molecule has 29 nitrogen and oxygen atoms in total. The largest absolute Gasteiger partial charge is 0.474 e. The molecular weight excluding hydrogens is 1380 g/mol. The zero-order chi connectivity index (χ0) is 78.0. The van der Waals surface area contributed by atoms with Crippen LogP contribution in [0.25, 0.3) is 33.4 Å². The minimum Gasteiger partial charge on any atom is -0.474 e. The third-order valence-electron chi connectivity index (χ3n) is 18.1. The number of nitrogen functional groups attached to an aromatic ring is 1. The second kappa shape index (κ2) is 36.2. The van der Waals surface area contributed by atoms with Crippen molar-refractivity contribution in [3.63, 3.8) is 0 Å². The van der Waals surface area contributed by atoms with Gasteiger partial charge in [0.1, 0.15) is 28.7 Å². The van der Waals surface area contributed by atoms with Crippen LogP contribution in [0.2, 0.25) is 0 Å². The van der Waals surface area contributed by atoms with E-state index in [1.807, 2.05) is 73.3 Å². The zero-order valence-corrected chi connectivity index (χ0v) is 62.9. The number of aliphatic carboxylic acids is 1. The highest BCUT2D eigenvalue weighted by molar-refractivity contribution is 6.40. The van der Waals surface area contributed by atoms with Crippen molar-refractivity contribution in [1.82, 2.24) is 60.7 Å². The van der Waals surface area contributed by atoms with E-state index in [1.165, 1.54) is 48.6 Å². The van der Waals surface area contributed by atoms with Gasteiger partial charge in [0, 0.05) is 54.4 Å². The van der Waals surface area contributed by atoms with E-state index in [9.17, 15) is 38.4 Å². The highest BCUT2D eigenvalue weighted by atomic mass is 16.6. The molecule has 3 aliphatic heterocycles. The number of piperidine rings is 3. The molecule has 12 N–H and O–H groups in total. The number of hydrogen-bond donors (Lipinski definition) is 11. The standard InChI is InChI=1S/C28H34N6O4.C23H26N6O2.C15H19N3.C13H17N3O5/c1-17-6-11-23(20-9-7-19(8-10-20)21-13-30-31-14-21)34(16-17)26(36)25(35)32-22-12-18(2)24(29-15-22)33-27(37)38-28(3,4)5;1-14-3-8-20(17-6-4-16(5-7-17)18-10-26-27-11-18)29(13-14)23(31)22(30)28-19-9-15(2)21(24)25-12-19;1-11-2-7-15(16-8-11)13-5-3-12(4-6-13)14-9-17-18-10-14;1-7-5-8(15-10(17)11(18)19)6-14-9(7)16-12(20)21-13(2,3)4/h7-10,12-15,17,23H,6,11,16H2,1-5H3,(H,30,31)(H,32,35)(H,29,33,37);4-7,9-12,14,20H,3,8,13H2,1-2H3,(H2,24,25)(H,26,27)(H,28,30);3-6,9-11,15-16H,2,7-8H2,1H3,(H,17,18);5-6H,1-4H3,(H,15,17)(H,18,19)(H,14,16,20)/t17-,23+;14-,20+;11-,15+;/m111./s1. The Bertz CT molecular complexity index is 4550. The van der Waals surface area contributed by atoms with Gasteiger partial charge in [0.05, 0.1) is 66.3 Å². The Morgan fingerprint density at radius 2 is 0.815 bits per heavy atom. The van der Waals surface area contributed by atoms with Gasteiger partial charge < -0.3 is 51.4 Å². The number of carbonyl (C=O) groups is 8. The molecule has 0 bridgehead atoms. The second-order valence-corrected chi connectivity index (χ2v) is 29.4. The van der Waals surface area contributed by atoms with Crippen LogP contribution in [-0.4, -0.2) is 139 Å². The molecule has 0 radical (unpaired) electrons. The summed E-state index contributed by atoms with van der Waals surface area (Å²) in [6, 6.07) is 30.0. The van der Waals surface area contributed by atoms with Gasteiger partial charge >= 0.3 is 47.7 Å². The Hall–Kier alpha value is -12.1. The molecule has 7 amide bonds. The maximum Gasteiger partial charge on any atom is 0.413 e. The first-order valence-corrected chi connectivity index (χ1v) is 35.8. The van der Waals surface area contributed by atoms with Crippen LogP contribution in [0.1, 0.15) is 152 Å². The van der Waals surface area contributed by atoms with Crippen LogP contribution in [0.3, 0.4) is 0 Å². The number of likely N-dealkylation sites (tertiary alicyclic amines) is 2. The van der Waals surface area contributed by atoms with Gasteiger partial charge in [-0.2, -0.15) is 15.3 Å². The molecular formula is C79H96N18O11. The number of carbonyl (C=O) groups excluding carboxylic acids is 7. The van der Waals surface area contributed by atoms with E-state index >= 15 is 0 Å². The molecule has 568 valence electrons. The monoisotopic (exact) mass is 1470 g/mol. The molecule has 3 aliphatic rings. The number of amides is 7. The Morgan fingerprint density at radius 1 is 0.454 bits per heavy atom. The normalized spacial score (nSPS) is 17.6. The molecule has 9 heterocycles. The molecule has 12 rings (SSSR count). The summed E-state index contributed by atoms with van der Waals surface area (Å²) in [5, 5.41) is 45.1. The quantitative estimate of drug-likeness (QED) is 0.0536. The van der Waals surface area contributed by atoms with Crippen LogP contribution >= 0.6 is 0 Å². The summed E-state index contributed by atoms with van der Waals surface area (Å²) in [4.78, 5) is 113. The van der Waals surface area contributed by atoms with E-state index in [2.05, 4.69) is 122 Å². The highest BCUT2D eigenvalue weighted by Gasteiger charge is 2.36. The second-order valence-electron chi connectivity index (χ2n) is 29.4. The van der Waals surface area contributed by atoms with E-state index in [1.54, 1.807) is 96.6 Å². The first kappa shape index (κ1) is 80.0. The number of pyridine rings is 3. The molecule has 108 heavy (non-hydrogen) atoms. The number of carboxylic acid groups (broad SMARTS) is 1. The molecule has 6 atom stereocenters. The van der Waals surface area contributed by atoms with Crippen molar-refractivity contribution in [1.29, 1.82) is 0 Å². The molecule has 29 heteroatoms. The molecule has 0 aliphatic carbocycles. The number of rotatable bonds is 11. The number of aromatic amines is 3. The topological polar surface area (TPSA) is 405 Å². The van der Waals surface area contributed by atoms with E-state index < -0.39 is 58.9 Å². The smallest absolute Gasteiger partial charge is 0.413 e. The van der Waals surface area contributed by atoms with Gasteiger partial charge in [-0.3, -0.25) is 49.9 Å². The summed E-state index contributed by atoms with van der Waals surface area (Å²) in [6.07, 6.45) is 19.9. The van der Waals surface area contributed by atoms with Gasteiger partial charge in [0.25, 0.3) is 0 Å². The molecule has 0 unspecified atom stereocenters. The fourth-order valence-electron chi connectivity index (χ4n) is 12.5. The fraction of sp³-hybridized carbons (Fsp3) is 0.367. The van der Waals surface area contributed by atoms with Gasteiger partial charge in [0.2, 0.25) is 0 Å². The lowest BCUT2D eigenvalue weighted by Crippen LogP contribution is -2.46. The summed E-state index contributed by atoms with van der Waals surface area (Å²) in [7, 11) is 0. The fourth-order valence-corrected chi connectivity index (χ4v) is 12.5. The van der Waals surface area contributed by atoms with Gasteiger partial charge in [-0.25, -0.2) is 29.3 Å². The van der Waals surface area contributed by atoms with Gasteiger partial charge in [0.15, 0.2) is 0 Å². The van der Waals surface area contributed by atoms with Gasteiger partial charge in [-0.05, 0) is 193 Å². The number of ether oxygens (including phenoxy) is 2. The lowest BCUT2D eigenvalue weighted by atomic mass is 9.89. The molecule has 3 fully saturated rings. The summed E-state index contributed by atoms with van der Waals surface area (Å²) in [5.74, 6) is -2.88. The van der Waals surface area contributed by atoms with Crippen LogP contribution < -0.4 is 37.6 Å². The van der Waals surface area contributed by atoms with E-state index in [-0.39, 0.29) is 29.5 Å². The lowest BCUT2D eigenvalue weighted by molar-refractivity contribution is -0.147. The number of nitrogens with two attached hydrogens (primary N) is 1. The molecule has 0 saturated carbocycles. The molecule has 3 saturated heterocycles. The number of nitrogens with one attached hydrogen (secondary N) is 9. The number of H-pyrrole nitrogens is 3. The number of hydrogen-bond acceptors (Lipinski definition) is 18. The number of benzene rings is 3. The average Bonchev–Trinajstić information content (AvgIpc) is 1.20. The Balaban J connectivity index is 0.000000173. The first-order chi connectivity index (χ1) is 51.3. The van der Waals surface area contributed by atoms with E-state index in [0.29, 0.717) is 59.2 Å². The van der Waals surface area contributed by atoms with Gasteiger partial charge in [-0.15, -0.1) is 0 Å². The van der Waals surface area contributed by atoms with Crippen molar-refractivity contribution >= 4 is 82.2 Å². The first-order valence-electron chi connectivity index (χ1n) is 35.8. The highest BCUT2D eigenvalue weighted by Crippen LogP contribution is 2.37. The lowest BCUT2D eigenvalue weighted by Gasteiger charge is -2.38. The van der Waals surface area contributed by atoms with E-state index in [0.717, 1.165) is 82.7 Å². The van der Waals surface area contributed by atoms with Crippen LogP contribution in [0.4, 0.5) is 44.1 Å². The minimum absolute atomic E-state index is 0.140. The number of aromatic nitrogens is 9. The minimum atomic E-state index is -1.59. The van der Waals surface area contributed by atoms with E-state index in [4.69, 9.17) is 20.3 Å². The van der Waals surface area contributed by atoms with Crippen molar-refractivity contribution in [3.05, 3.63) is 180 Å². The Labute approximate surface area is 627 Å². The number of carboxylic acids is 1. The summed E-state index contributed by atoms with van der Waals surface area (Å²) in [6.45, 7) is 24.4. The van der Waals surface area contributed by atoms with Crippen molar-refractivity contribution in [2.24, 2.45) is 17.8 Å². The Kier molecular flexibility index (Phi) is 26.8. The third kappa shape index (κ3) is 22.9. The van der Waals surface area contributed by atoms with Crippen molar-refractivity contribution in [2.45, 2.75) is 151 Å². The number of nitrogens with zero attached hydrogens (tertiary/aromatic N) is 8. The maximum atomic E-state index is 13.3. The van der Waals surface area contributed by atoms with Crippen LogP contribution in [0.5, 0.6) is 0 Å². The number of aryl methyl sites for hydroxylation is 3. The molecule has 3 aromatic carbocycles. The predicted molar refractivity (Wildman–Crippen MR) is 411 cm³/mol. The Morgan fingerprint density at radius 3 is 1.15 bits per heavy atom. The number of anilines is 6. The SMILES string of the molecule is C[C@@H]1CC[C@@H](c2ccc(-c3cn[nH]c3)cc2)NC1.Cc1cc(NC(=O)C(=O)N2C[C@H](C)CC[C@H]2c2ccc(-c3cn[nH]c3)cc2)cnc1N.Cc1cc(NC(=O)C(=O)N2C[C@H](C)CC[C@H]2c2ccc(-c3cn[nH]c3)cc2)cnc1NC(=O)OC(C)(C)C.Cc1cc(NC(=O)C(=O)O)cnc1NC(=O)OC(C)(C)C. The summed E-state index contributed by atoms with van der Waals surface area (Å²) >= 11 is 0. The van der Waals surface area contributed by atoms with Crippen molar-refractivity contribution in [3.8, 4) is 33.4 Å². The average molecular weight is 1470 g/mol. The van der Waals surface area contributed by atoms with Gasteiger partial charge in [-0.1, -0.05) is 93.6 Å². The van der Waals surface area contributed by atoms with Crippen molar-refractivity contribution < 1.29 is 52.9 Å². The summed E-state index contributed by atoms with van der Waals surface area (Å²) in [5.41, 5.74) is 17.2. The van der Waals surface area contributed by atoms with Crippen LogP contribution in [0.15, 0.2) is 147 Å².